The van der Waals surface area contributed by atoms with Gasteiger partial charge in [0.25, 0.3) is 5.91 Å². The van der Waals surface area contributed by atoms with E-state index in [1.54, 1.807) is 6.92 Å². The molecule has 0 spiro atoms. The number of amides is 4. The second-order valence-corrected chi connectivity index (χ2v) is 8.00. The highest BCUT2D eigenvalue weighted by atomic mass is 16.2. The Bertz CT molecular complexity index is 713. The summed E-state index contributed by atoms with van der Waals surface area (Å²) in [5.74, 6) is -0.530. The number of nitrogens with one attached hydrogen (secondary N) is 1. The molecular formula is C21H29N3O3. The van der Waals surface area contributed by atoms with Gasteiger partial charge in [-0.1, -0.05) is 49.6 Å². The van der Waals surface area contributed by atoms with E-state index < -0.39 is 11.6 Å². The second kappa shape index (κ2) is 7.71. The number of rotatable bonds is 5. The number of carbonyl (C=O) groups excluding carboxylic acids is 3. The molecule has 27 heavy (non-hydrogen) atoms. The summed E-state index contributed by atoms with van der Waals surface area (Å²) in [4.78, 5) is 41.5. The summed E-state index contributed by atoms with van der Waals surface area (Å²) in [5, 5.41) is 2.77. The maximum atomic E-state index is 13.0. The molecule has 1 aliphatic heterocycles. The van der Waals surface area contributed by atoms with Gasteiger partial charge in [0.2, 0.25) is 5.91 Å². The fourth-order valence-corrected chi connectivity index (χ4v) is 4.30. The van der Waals surface area contributed by atoms with Crippen LogP contribution < -0.4 is 5.32 Å². The third-order valence-corrected chi connectivity index (χ3v) is 5.73. The highest BCUT2D eigenvalue weighted by Crippen LogP contribution is 2.29. The molecule has 1 aromatic rings. The monoisotopic (exact) mass is 371 g/mol. The van der Waals surface area contributed by atoms with Gasteiger partial charge < -0.3 is 10.2 Å². The zero-order valence-corrected chi connectivity index (χ0v) is 16.4. The van der Waals surface area contributed by atoms with E-state index in [0.717, 1.165) is 30.6 Å². The number of urea groups is 1. The number of hydrogen-bond acceptors (Lipinski definition) is 3. The minimum absolute atomic E-state index is 0.0434. The first-order valence-electron chi connectivity index (χ1n) is 9.85. The molecule has 1 saturated carbocycles. The molecule has 1 heterocycles. The Labute approximate surface area is 160 Å². The average Bonchev–Trinajstić information content (AvgIpc) is 2.87. The van der Waals surface area contributed by atoms with Crippen LogP contribution in [0.4, 0.5) is 4.79 Å². The van der Waals surface area contributed by atoms with Crippen LogP contribution in [0.3, 0.4) is 0 Å². The van der Waals surface area contributed by atoms with E-state index in [1.165, 1.54) is 6.42 Å². The van der Waals surface area contributed by atoms with Crippen LogP contribution in [0.15, 0.2) is 30.3 Å². The number of hydrogen-bond donors (Lipinski definition) is 1. The van der Waals surface area contributed by atoms with Gasteiger partial charge in [-0.25, -0.2) is 4.79 Å². The first-order chi connectivity index (χ1) is 12.8. The van der Waals surface area contributed by atoms with Crippen molar-refractivity contribution in [1.82, 2.24) is 15.1 Å². The van der Waals surface area contributed by atoms with Gasteiger partial charge >= 0.3 is 6.03 Å². The van der Waals surface area contributed by atoms with Gasteiger partial charge in [-0.2, -0.15) is 0 Å². The van der Waals surface area contributed by atoms with Crippen molar-refractivity contribution in [2.75, 3.05) is 6.54 Å². The predicted octanol–water partition coefficient (Wildman–Crippen LogP) is 3.02. The van der Waals surface area contributed by atoms with E-state index in [0.29, 0.717) is 5.56 Å². The van der Waals surface area contributed by atoms with E-state index in [9.17, 15) is 14.4 Å². The zero-order valence-electron chi connectivity index (χ0n) is 16.4. The molecule has 146 valence electrons. The van der Waals surface area contributed by atoms with Gasteiger partial charge in [0.1, 0.15) is 12.1 Å². The van der Waals surface area contributed by atoms with Crippen molar-refractivity contribution in [2.45, 2.75) is 70.5 Å². The van der Waals surface area contributed by atoms with Crippen molar-refractivity contribution in [2.24, 2.45) is 0 Å². The van der Waals surface area contributed by atoms with Crippen LogP contribution in [0.2, 0.25) is 0 Å². The summed E-state index contributed by atoms with van der Waals surface area (Å²) < 4.78 is 0. The molecule has 1 N–H and O–H groups in total. The summed E-state index contributed by atoms with van der Waals surface area (Å²) in [6.45, 7) is 5.47. The number of nitrogens with zero attached hydrogens (tertiary/aromatic N) is 2. The Hall–Kier alpha value is -2.37. The van der Waals surface area contributed by atoms with E-state index in [1.807, 2.05) is 49.1 Å². The molecule has 4 amide bonds. The highest BCUT2D eigenvalue weighted by Gasteiger charge is 2.49. The smallest absolute Gasteiger partial charge is 0.325 e. The fraction of sp³-hybridized carbons (Fsp3) is 0.571. The van der Waals surface area contributed by atoms with E-state index >= 15 is 0 Å². The summed E-state index contributed by atoms with van der Waals surface area (Å²) in [6.07, 6.45) is 5.43. The SMILES string of the molecule is CC(C)N(C(=O)CN1C(=O)N[C@@](C)(c2ccccc2)C1=O)C1CCCCC1. The Morgan fingerprint density at radius 1 is 1.19 bits per heavy atom. The Balaban J connectivity index is 1.77. The van der Waals surface area contributed by atoms with Crippen LogP contribution in [-0.2, 0) is 15.1 Å². The maximum absolute atomic E-state index is 13.0. The maximum Gasteiger partial charge on any atom is 0.325 e. The predicted molar refractivity (Wildman–Crippen MR) is 103 cm³/mol. The fourth-order valence-electron chi connectivity index (χ4n) is 4.30. The second-order valence-electron chi connectivity index (χ2n) is 8.00. The quantitative estimate of drug-likeness (QED) is 0.809. The van der Waals surface area contributed by atoms with Crippen molar-refractivity contribution >= 4 is 17.8 Å². The van der Waals surface area contributed by atoms with Crippen LogP contribution in [0.25, 0.3) is 0 Å². The van der Waals surface area contributed by atoms with E-state index in [4.69, 9.17) is 0 Å². The lowest BCUT2D eigenvalue weighted by molar-refractivity contribution is -0.142. The lowest BCUT2D eigenvalue weighted by atomic mass is 9.92. The van der Waals surface area contributed by atoms with E-state index in [2.05, 4.69) is 5.32 Å². The molecule has 6 heteroatoms. The largest absolute Gasteiger partial charge is 0.336 e. The molecule has 2 aliphatic rings. The zero-order chi connectivity index (χ0) is 19.6. The molecule has 3 rings (SSSR count). The molecule has 1 saturated heterocycles. The van der Waals surface area contributed by atoms with Gasteiger partial charge in [0.05, 0.1) is 0 Å². The normalized spacial score (nSPS) is 23.6. The van der Waals surface area contributed by atoms with Gasteiger partial charge in [0, 0.05) is 12.1 Å². The third kappa shape index (κ3) is 3.70. The van der Waals surface area contributed by atoms with E-state index in [-0.39, 0.29) is 30.4 Å². The van der Waals surface area contributed by atoms with Gasteiger partial charge in [0.15, 0.2) is 0 Å². The lowest BCUT2D eigenvalue weighted by Crippen LogP contribution is -2.51. The van der Waals surface area contributed by atoms with Gasteiger partial charge in [-0.3, -0.25) is 14.5 Å². The van der Waals surface area contributed by atoms with Gasteiger partial charge in [-0.15, -0.1) is 0 Å². The lowest BCUT2D eigenvalue weighted by Gasteiger charge is -2.38. The van der Waals surface area contributed by atoms with Gasteiger partial charge in [-0.05, 0) is 39.2 Å². The van der Waals surface area contributed by atoms with Crippen LogP contribution in [0.1, 0.15) is 58.4 Å². The molecule has 0 radical (unpaired) electrons. The summed E-state index contributed by atoms with van der Waals surface area (Å²) in [7, 11) is 0. The van der Waals surface area contributed by atoms with Crippen LogP contribution in [0, 0.1) is 0 Å². The molecular weight excluding hydrogens is 342 g/mol. The molecule has 1 aliphatic carbocycles. The topological polar surface area (TPSA) is 69.7 Å². The van der Waals surface area contributed by atoms with Crippen molar-refractivity contribution in [3.8, 4) is 0 Å². The Morgan fingerprint density at radius 2 is 1.81 bits per heavy atom. The van der Waals surface area contributed by atoms with Crippen molar-refractivity contribution in [3.63, 3.8) is 0 Å². The summed E-state index contributed by atoms with van der Waals surface area (Å²) in [6, 6.07) is 8.88. The highest BCUT2D eigenvalue weighted by molar-refractivity contribution is 6.09. The molecule has 0 bridgehead atoms. The minimum Gasteiger partial charge on any atom is -0.336 e. The van der Waals surface area contributed by atoms with Crippen LogP contribution >= 0.6 is 0 Å². The Morgan fingerprint density at radius 3 is 2.41 bits per heavy atom. The van der Waals surface area contributed by atoms with Crippen molar-refractivity contribution in [1.29, 1.82) is 0 Å². The number of imide groups is 1. The summed E-state index contributed by atoms with van der Waals surface area (Å²) in [5.41, 5.74) is -0.419. The molecule has 0 unspecified atom stereocenters. The third-order valence-electron chi connectivity index (χ3n) is 5.73. The van der Waals surface area contributed by atoms with Crippen LogP contribution in [-0.4, -0.2) is 46.3 Å². The first kappa shape index (κ1) is 19.4. The first-order valence-corrected chi connectivity index (χ1v) is 9.85. The van der Waals surface area contributed by atoms with Crippen molar-refractivity contribution < 1.29 is 14.4 Å². The molecule has 2 fully saturated rings. The molecule has 0 aromatic heterocycles. The summed E-state index contributed by atoms with van der Waals surface area (Å²) >= 11 is 0. The molecule has 1 atom stereocenters. The number of benzene rings is 1. The molecule has 6 nitrogen and oxygen atoms in total. The standard InChI is InChI=1S/C21H29N3O3/c1-15(2)24(17-12-8-5-9-13-17)18(25)14-23-19(26)21(3,22-20(23)27)16-10-6-4-7-11-16/h4,6-7,10-11,15,17H,5,8-9,12-14H2,1-3H3,(H,22,27)/t21-/m0/s1. The van der Waals surface area contributed by atoms with Crippen molar-refractivity contribution in [3.05, 3.63) is 35.9 Å². The number of carbonyl (C=O) groups is 3. The van der Waals surface area contributed by atoms with Crippen LogP contribution in [0.5, 0.6) is 0 Å². The molecule has 1 aromatic carbocycles. The average molecular weight is 371 g/mol. The Kier molecular flexibility index (Phi) is 5.53. The minimum atomic E-state index is -1.13.